The summed E-state index contributed by atoms with van der Waals surface area (Å²) in [5.41, 5.74) is 2.59. The molecule has 0 spiro atoms. The molecule has 1 rings (SSSR count). The first-order chi connectivity index (χ1) is 7.26. The van der Waals surface area contributed by atoms with Gasteiger partial charge in [0.2, 0.25) is 0 Å². The molecule has 1 aromatic rings. The molecule has 0 aliphatic rings. The van der Waals surface area contributed by atoms with Gasteiger partial charge in [-0.25, -0.2) is 0 Å². The molecule has 1 nitrogen and oxygen atoms in total. The third-order valence-corrected chi connectivity index (χ3v) is 2.52. The van der Waals surface area contributed by atoms with Gasteiger partial charge in [0.05, 0.1) is 0 Å². The highest BCUT2D eigenvalue weighted by molar-refractivity contribution is 5.46. The molecule has 0 fully saturated rings. The van der Waals surface area contributed by atoms with Gasteiger partial charge in [-0.05, 0) is 37.5 Å². The molecule has 0 saturated heterocycles. The number of aryl methyl sites for hydroxylation is 1. The lowest BCUT2D eigenvalue weighted by Gasteiger charge is -2.11. The number of hydrogen-bond donors (Lipinski definition) is 1. The Balaban J connectivity index is 2.52. The van der Waals surface area contributed by atoms with Crippen molar-refractivity contribution in [2.24, 2.45) is 0 Å². The summed E-state index contributed by atoms with van der Waals surface area (Å²) in [5.74, 6) is 0. The highest BCUT2D eigenvalue weighted by atomic mass is 14.9. The van der Waals surface area contributed by atoms with Crippen molar-refractivity contribution in [2.75, 3.05) is 5.32 Å². The Hall–Kier alpha value is -1.24. The molecule has 1 aromatic carbocycles. The zero-order chi connectivity index (χ0) is 11.1. The van der Waals surface area contributed by atoms with Crippen LogP contribution in [0.1, 0.15) is 32.3 Å². The molecule has 15 heavy (non-hydrogen) atoms. The van der Waals surface area contributed by atoms with E-state index in [0.29, 0.717) is 6.04 Å². The summed E-state index contributed by atoms with van der Waals surface area (Å²) in [6.07, 6.45) is 5.63. The van der Waals surface area contributed by atoms with E-state index in [2.05, 4.69) is 50.0 Å². The van der Waals surface area contributed by atoms with Crippen LogP contribution in [0.2, 0.25) is 0 Å². The van der Waals surface area contributed by atoms with Gasteiger partial charge >= 0.3 is 0 Å². The highest BCUT2D eigenvalue weighted by Gasteiger charge is 1.97. The second kappa shape index (κ2) is 6.28. The van der Waals surface area contributed by atoms with Gasteiger partial charge in [-0.15, -0.1) is 6.58 Å². The first kappa shape index (κ1) is 11.8. The van der Waals surface area contributed by atoms with E-state index in [1.165, 1.54) is 30.5 Å². The molecule has 0 heterocycles. The molecular formula is C14H21N. The number of rotatable bonds is 6. The van der Waals surface area contributed by atoms with Gasteiger partial charge in [0, 0.05) is 11.7 Å². The Morgan fingerprint density at radius 2 is 2.00 bits per heavy atom. The molecule has 1 unspecified atom stereocenters. The monoisotopic (exact) mass is 203 g/mol. The van der Waals surface area contributed by atoms with Crippen LogP contribution >= 0.6 is 0 Å². The predicted octanol–water partition coefficient (Wildman–Crippen LogP) is 4.02. The lowest BCUT2D eigenvalue weighted by molar-refractivity contribution is 0.795. The largest absolute Gasteiger partial charge is 0.379 e. The molecular weight excluding hydrogens is 182 g/mol. The Morgan fingerprint density at radius 1 is 1.33 bits per heavy atom. The van der Waals surface area contributed by atoms with Crippen molar-refractivity contribution in [3.05, 3.63) is 42.5 Å². The van der Waals surface area contributed by atoms with Crippen LogP contribution in [0.3, 0.4) is 0 Å². The average Bonchev–Trinajstić information content (AvgIpc) is 2.28. The molecule has 1 heteroatoms. The van der Waals surface area contributed by atoms with Crippen LogP contribution in [0.4, 0.5) is 5.69 Å². The number of unbranched alkanes of at least 4 members (excludes halogenated alkanes) is 1. The molecule has 1 N–H and O–H groups in total. The molecule has 0 aromatic heterocycles. The Morgan fingerprint density at radius 3 is 2.53 bits per heavy atom. The molecule has 0 aliphatic heterocycles. The maximum atomic E-state index is 3.75. The van der Waals surface area contributed by atoms with Crippen molar-refractivity contribution in [1.82, 2.24) is 0 Å². The van der Waals surface area contributed by atoms with Crippen LogP contribution in [0, 0.1) is 0 Å². The van der Waals surface area contributed by atoms with E-state index in [0.717, 1.165) is 0 Å². The second-order valence-corrected chi connectivity index (χ2v) is 3.97. The minimum absolute atomic E-state index is 0.325. The van der Waals surface area contributed by atoms with Crippen LogP contribution < -0.4 is 5.32 Å². The average molecular weight is 203 g/mol. The molecule has 0 radical (unpaired) electrons. The highest BCUT2D eigenvalue weighted by Crippen LogP contribution is 2.12. The minimum atomic E-state index is 0.325. The van der Waals surface area contributed by atoms with E-state index in [-0.39, 0.29) is 0 Å². The van der Waals surface area contributed by atoms with Gasteiger partial charge in [-0.3, -0.25) is 0 Å². The van der Waals surface area contributed by atoms with E-state index >= 15 is 0 Å². The zero-order valence-corrected chi connectivity index (χ0v) is 9.79. The predicted molar refractivity (Wildman–Crippen MR) is 68.3 cm³/mol. The van der Waals surface area contributed by atoms with E-state index in [9.17, 15) is 0 Å². The fourth-order valence-corrected chi connectivity index (χ4v) is 1.47. The van der Waals surface area contributed by atoms with E-state index in [1.54, 1.807) is 0 Å². The van der Waals surface area contributed by atoms with E-state index in [1.807, 2.05) is 6.08 Å². The summed E-state index contributed by atoms with van der Waals surface area (Å²) < 4.78 is 0. The summed E-state index contributed by atoms with van der Waals surface area (Å²) in [4.78, 5) is 0. The fraction of sp³-hybridized carbons (Fsp3) is 0.429. The summed E-state index contributed by atoms with van der Waals surface area (Å²) in [7, 11) is 0. The summed E-state index contributed by atoms with van der Waals surface area (Å²) in [5, 5.41) is 3.36. The molecule has 82 valence electrons. The fourth-order valence-electron chi connectivity index (χ4n) is 1.47. The third-order valence-electron chi connectivity index (χ3n) is 2.52. The summed E-state index contributed by atoms with van der Waals surface area (Å²) in [6, 6.07) is 9.02. The van der Waals surface area contributed by atoms with Crippen molar-refractivity contribution in [1.29, 1.82) is 0 Å². The van der Waals surface area contributed by atoms with Crippen molar-refractivity contribution < 1.29 is 0 Å². The van der Waals surface area contributed by atoms with Crippen LogP contribution in [0.25, 0.3) is 0 Å². The van der Waals surface area contributed by atoms with Gasteiger partial charge in [-0.2, -0.15) is 0 Å². The van der Waals surface area contributed by atoms with Gasteiger partial charge in [0.15, 0.2) is 0 Å². The SMILES string of the molecule is C=CC(C)Nc1ccc(CCCC)cc1. The van der Waals surface area contributed by atoms with Crippen molar-refractivity contribution in [3.8, 4) is 0 Å². The normalized spacial score (nSPS) is 12.1. The molecule has 0 aliphatic carbocycles. The quantitative estimate of drug-likeness (QED) is 0.689. The van der Waals surface area contributed by atoms with Crippen LogP contribution in [-0.2, 0) is 6.42 Å². The number of nitrogens with one attached hydrogen (secondary N) is 1. The molecule has 0 saturated carbocycles. The maximum absolute atomic E-state index is 3.75. The van der Waals surface area contributed by atoms with Gasteiger partial charge in [-0.1, -0.05) is 31.6 Å². The summed E-state index contributed by atoms with van der Waals surface area (Å²) in [6.45, 7) is 8.07. The van der Waals surface area contributed by atoms with Crippen LogP contribution in [-0.4, -0.2) is 6.04 Å². The standard InChI is InChI=1S/C14H21N/c1-4-6-7-13-8-10-14(11-9-13)15-12(3)5-2/h5,8-12,15H,2,4,6-7H2,1,3H3. The topological polar surface area (TPSA) is 12.0 Å². The maximum Gasteiger partial charge on any atom is 0.0413 e. The molecule has 0 bridgehead atoms. The lowest BCUT2D eigenvalue weighted by atomic mass is 10.1. The minimum Gasteiger partial charge on any atom is -0.379 e. The van der Waals surface area contributed by atoms with E-state index in [4.69, 9.17) is 0 Å². The van der Waals surface area contributed by atoms with Crippen LogP contribution in [0.15, 0.2) is 36.9 Å². The van der Waals surface area contributed by atoms with Gasteiger partial charge in [0.1, 0.15) is 0 Å². The summed E-state index contributed by atoms with van der Waals surface area (Å²) >= 11 is 0. The first-order valence-corrected chi connectivity index (χ1v) is 5.74. The van der Waals surface area contributed by atoms with Crippen molar-refractivity contribution in [2.45, 2.75) is 39.2 Å². The number of hydrogen-bond acceptors (Lipinski definition) is 1. The third kappa shape index (κ3) is 4.20. The Labute approximate surface area is 93.2 Å². The van der Waals surface area contributed by atoms with Crippen molar-refractivity contribution >= 4 is 5.69 Å². The van der Waals surface area contributed by atoms with Crippen LogP contribution in [0.5, 0.6) is 0 Å². The Bertz CT molecular complexity index is 287. The molecule has 0 amide bonds. The smallest absolute Gasteiger partial charge is 0.0413 e. The second-order valence-electron chi connectivity index (χ2n) is 3.97. The van der Waals surface area contributed by atoms with Gasteiger partial charge in [0.25, 0.3) is 0 Å². The Kier molecular flexibility index (Phi) is 4.96. The molecule has 1 atom stereocenters. The lowest BCUT2D eigenvalue weighted by Crippen LogP contribution is -2.10. The zero-order valence-electron chi connectivity index (χ0n) is 9.79. The number of anilines is 1. The number of benzene rings is 1. The first-order valence-electron chi connectivity index (χ1n) is 5.74. The van der Waals surface area contributed by atoms with Gasteiger partial charge < -0.3 is 5.32 Å². The van der Waals surface area contributed by atoms with E-state index < -0.39 is 0 Å². The van der Waals surface area contributed by atoms with Crippen molar-refractivity contribution in [3.63, 3.8) is 0 Å².